The van der Waals surface area contributed by atoms with Crippen LogP contribution >= 0.6 is 31.9 Å². The average Bonchev–Trinajstić information content (AvgIpc) is 2.84. The Hall–Kier alpha value is -3.37. The number of nitrogens with zero attached hydrogens (tertiary/aromatic N) is 1. The van der Waals surface area contributed by atoms with E-state index < -0.39 is 5.91 Å². The van der Waals surface area contributed by atoms with Crippen molar-refractivity contribution in [1.29, 1.82) is 0 Å². The van der Waals surface area contributed by atoms with E-state index in [9.17, 15) is 9.59 Å². The molecule has 3 aromatic carbocycles. The fraction of sp³-hybridized carbons (Fsp3) is 0.192. The highest BCUT2D eigenvalue weighted by Crippen LogP contribution is 2.29. The van der Waals surface area contributed by atoms with Crippen molar-refractivity contribution in [3.05, 3.63) is 80.7 Å². The van der Waals surface area contributed by atoms with Crippen LogP contribution in [0.4, 0.5) is 5.69 Å². The van der Waals surface area contributed by atoms with Gasteiger partial charge in [0.1, 0.15) is 5.75 Å². The first-order valence-corrected chi connectivity index (χ1v) is 12.6. The highest BCUT2D eigenvalue weighted by molar-refractivity contribution is 9.11. The Labute approximate surface area is 226 Å². The normalized spacial score (nSPS) is 10.7. The molecule has 0 unspecified atom stereocenters. The van der Waals surface area contributed by atoms with Gasteiger partial charge in [-0.3, -0.25) is 9.59 Å². The summed E-state index contributed by atoms with van der Waals surface area (Å²) in [5.41, 5.74) is 4.90. The Kier molecular flexibility index (Phi) is 10.3. The number of rotatable bonds is 11. The lowest BCUT2D eigenvalue weighted by Gasteiger charge is -2.13. The first kappa shape index (κ1) is 27.2. The van der Waals surface area contributed by atoms with E-state index in [1.54, 1.807) is 24.3 Å². The summed E-state index contributed by atoms with van der Waals surface area (Å²) in [6.45, 7) is 3.86. The molecule has 0 saturated heterocycles. The molecule has 3 aromatic rings. The van der Waals surface area contributed by atoms with Crippen LogP contribution in [-0.4, -0.2) is 37.8 Å². The van der Waals surface area contributed by atoms with E-state index in [0.29, 0.717) is 35.1 Å². The second-order valence-corrected chi connectivity index (χ2v) is 9.27. The molecule has 3 rings (SSSR count). The van der Waals surface area contributed by atoms with Crippen molar-refractivity contribution < 1.29 is 23.8 Å². The molecule has 0 radical (unpaired) electrons. The highest BCUT2D eigenvalue weighted by Gasteiger charge is 2.10. The summed E-state index contributed by atoms with van der Waals surface area (Å²) < 4.78 is 18.4. The van der Waals surface area contributed by atoms with E-state index in [0.717, 1.165) is 14.5 Å². The molecule has 0 aliphatic carbocycles. The maximum Gasteiger partial charge on any atom is 0.277 e. The van der Waals surface area contributed by atoms with E-state index in [4.69, 9.17) is 14.2 Å². The third kappa shape index (κ3) is 8.69. The van der Waals surface area contributed by atoms with Crippen LogP contribution < -0.4 is 25.0 Å². The number of anilines is 1. The van der Waals surface area contributed by atoms with Crippen LogP contribution in [0, 0.1) is 6.92 Å². The topological polar surface area (TPSA) is 98.2 Å². The predicted octanol–water partition coefficient (Wildman–Crippen LogP) is 5.47. The van der Waals surface area contributed by atoms with Gasteiger partial charge in [0, 0.05) is 10.2 Å². The molecule has 0 saturated carbocycles. The third-order valence-corrected chi connectivity index (χ3v) is 5.73. The zero-order valence-corrected chi connectivity index (χ0v) is 22.9. The molecule has 188 valence electrons. The summed E-state index contributed by atoms with van der Waals surface area (Å²) in [5, 5.41) is 6.75. The average molecular weight is 619 g/mol. The molecular weight excluding hydrogens is 594 g/mol. The van der Waals surface area contributed by atoms with Crippen molar-refractivity contribution in [3.63, 3.8) is 0 Å². The van der Waals surface area contributed by atoms with Gasteiger partial charge >= 0.3 is 0 Å². The Bertz CT molecular complexity index is 1230. The van der Waals surface area contributed by atoms with Gasteiger partial charge in [0.05, 0.1) is 17.3 Å². The number of benzene rings is 3. The zero-order valence-electron chi connectivity index (χ0n) is 19.7. The molecule has 0 fully saturated rings. The number of hydrogen-bond donors (Lipinski definition) is 2. The van der Waals surface area contributed by atoms with Crippen LogP contribution in [0.1, 0.15) is 18.1 Å². The lowest BCUT2D eigenvalue weighted by atomic mass is 10.2. The van der Waals surface area contributed by atoms with Crippen LogP contribution in [0.3, 0.4) is 0 Å². The van der Waals surface area contributed by atoms with E-state index >= 15 is 0 Å². The summed E-state index contributed by atoms with van der Waals surface area (Å²) >= 11 is 6.74. The van der Waals surface area contributed by atoms with Gasteiger partial charge in [-0.05, 0) is 83.9 Å². The maximum absolute atomic E-state index is 12.2. The number of ether oxygens (including phenoxy) is 3. The summed E-state index contributed by atoms with van der Waals surface area (Å²) in [6.07, 6.45) is 1.48. The number of halogens is 2. The Morgan fingerprint density at radius 1 is 0.861 bits per heavy atom. The van der Waals surface area contributed by atoms with Gasteiger partial charge < -0.3 is 19.5 Å². The van der Waals surface area contributed by atoms with Gasteiger partial charge in [-0.15, -0.1) is 0 Å². The molecule has 8 nitrogen and oxygen atoms in total. The largest absolute Gasteiger partial charge is 0.490 e. The Morgan fingerprint density at radius 3 is 2.28 bits per heavy atom. The molecule has 0 bridgehead atoms. The Morgan fingerprint density at radius 2 is 1.56 bits per heavy atom. The van der Waals surface area contributed by atoms with Gasteiger partial charge in [0.2, 0.25) is 0 Å². The summed E-state index contributed by atoms with van der Waals surface area (Å²) in [5.74, 6) is 0.726. The molecule has 0 atom stereocenters. The van der Waals surface area contributed by atoms with Crippen LogP contribution in [-0.2, 0) is 9.59 Å². The van der Waals surface area contributed by atoms with Crippen LogP contribution in [0.15, 0.2) is 74.7 Å². The highest BCUT2D eigenvalue weighted by atomic mass is 79.9. The van der Waals surface area contributed by atoms with E-state index in [-0.39, 0.29) is 19.1 Å². The molecule has 10 heteroatoms. The lowest BCUT2D eigenvalue weighted by molar-refractivity contribution is -0.123. The van der Waals surface area contributed by atoms with Crippen molar-refractivity contribution in [2.45, 2.75) is 13.8 Å². The smallest absolute Gasteiger partial charge is 0.277 e. The van der Waals surface area contributed by atoms with Gasteiger partial charge in [-0.1, -0.05) is 33.6 Å². The van der Waals surface area contributed by atoms with Crippen molar-refractivity contribution in [2.24, 2.45) is 5.10 Å². The van der Waals surface area contributed by atoms with Gasteiger partial charge in [-0.2, -0.15) is 5.10 Å². The second-order valence-electron chi connectivity index (χ2n) is 7.50. The van der Waals surface area contributed by atoms with Crippen LogP contribution in [0.25, 0.3) is 0 Å². The first-order chi connectivity index (χ1) is 17.3. The van der Waals surface area contributed by atoms with Crippen molar-refractivity contribution in [2.75, 3.05) is 25.1 Å². The van der Waals surface area contributed by atoms with E-state index in [2.05, 4.69) is 47.7 Å². The number of carbonyl (C=O) groups is 2. The van der Waals surface area contributed by atoms with Crippen molar-refractivity contribution in [3.8, 4) is 17.2 Å². The van der Waals surface area contributed by atoms with Crippen molar-refractivity contribution >= 4 is 55.6 Å². The fourth-order valence-corrected chi connectivity index (χ4v) is 4.08. The van der Waals surface area contributed by atoms with Gasteiger partial charge in [-0.25, -0.2) is 5.43 Å². The maximum atomic E-state index is 12.2. The number of hydrazone groups is 1. The Balaban J connectivity index is 1.52. The van der Waals surface area contributed by atoms with Crippen molar-refractivity contribution in [1.82, 2.24) is 5.43 Å². The number of amides is 2. The first-order valence-electron chi connectivity index (χ1n) is 11.0. The molecule has 0 spiro atoms. The van der Waals surface area contributed by atoms with E-state index in [1.165, 1.54) is 6.21 Å². The molecule has 36 heavy (non-hydrogen) atoms. The third-order valence-electron chi connectivity index (χ3n) is 4.62. The quantitative estimate of drug-likeness (QED) is 0.220. The minimum Gasteiger partial charge on any atom is -0.490 e. The van der Waals surface area contributed by atoms with Crippen LogP contribution in [0.2, 0.25) is 0 Å². The number of carbonyl (C=O) groups excluding carboxylic acids is 2. The summed E-state index contributed by atoms with van der Waals surface area (Å²) in [7, 11) is 0. The monoisotopic (exact) mass is 617 g/mol. The minimum atomic E-state index is -0.411. The lowest BCUT2D eigenvalue weighted by Crippen LogP contribution is -2.24. The zero-order chi connectivity index (χ0) is 25.9. The molecule has 0 aliphatic heterocycles. The summed E-state index contributed by atoms with van der Waals surface area (Å²) in [6, 6.07) is 18.0. The molecule has 2 N–H and O–H groups in total. The fourth-order valence-electron chi connectivity index (χ4n) is 2.92. The molecular formula is C26H25Br2N3O5. The van der Waals surface area contributed by atoms with Gasteiger partial charge in [0.25, 0.3) is 11.8 Å². The van der Waals surface area contributed by atoms with Crippen LogP contribution in [0.5, 0.6) is 17.2 Å². The standard InChI is InChI=1S/C26H25Br2N3O5/c1-3-34-24-12-18(14-29-31-26(33)16-35-22-11-7-19(27)13-21(22)28)6-10-23(24)36-15-25(32)30-20-8-4-17(2)5-9-20/h4-14H,3,15-16H2,1-2H3,(H,30,32)(H,31,33)/b29-14+. The molecule has 2 amide bonds. The second kappa shape index (κ2) is 13.6. The summed E-state index contributed by atoms with van der Waals surface area (Å²) in [4.78, 5) is 24.3. The number of hydrogen-bond acceptors (Lipinski definition) is 6. The number of nitrogens with one attached hydrogen (secondary N) is 2. The SMILES string of the molecule is CCOc1cc(/C=N/NC(=O)COc2ccc(Br)cc2Br)ccc1OCC(=O)Nc1ccc(C)cc1. The van der Waals surface area contributed by atoms with Gasteiger partial charge in [0.15, 0.2) is 24.7 Å². The van der Waals surface area contributed by atoms with E-state index in [1.807, 2.05) is 50.2 Å². The number of aryl methyl sites for hydroxylation is 1. The predicted molar refractivity (Wildman–Crippen MR) is 146 cm³/mol. The molecule has 0 heterocycles. The minimum absolute atomic E-state index is 0.175. The molecule has 0 aromatic heterocycles. The molecule has 0 aliphatic rings.